The molecule has 0 spiro atoms. The van der Waals surface area contributed by atoms with Gasteiger partial charge in [-0.1, -0.05) is 12.1 Å². The highest BCUT2D eigenvalue weighted by atomic mass is 16.3. The van der Waals surface area contributed by atoms with E-state index in [9.17, 15) is 9.90 Å². The van der Waals surface area contributed by atoms with Gasteiger partial charge in [0.25, 0.3) is 5.91 Å². The van der Waals surface area contributed by atoms with Gasteiger partial charge in [0.05, 0.1) is 0 Å². The van der Waals surface area contributed by atoms with Crippen LogP contribution in [-0.4, -0.2) is 39.2 Å². The van der Waals surface area contributed by atoms with Crippen molar-refractivity contribution in [2.24, 2.45) is 0 Å². The predicted molar refractivity (Wildman–Crippen MR) is 84.0 cm³/mol. The largest absolute Gasteiger partial charge is 0.508 e. The Kier molecular flexibility index (Phi) is 3.88. The van der Waals surface area contributed by atoms with E-state index in [4.69, 9.17) is 0 Å². The minimum atomic E-state index is -0.0225. The lowest BCUT2D eigenvalue weighted by molar-refractivity contribution is 0.0736. The van der Waals surface area contributed by atoms with Crippen LogP contribution in [0.4, 0.5) is 0 Å². The number of hydrogen-bond donors (Lipinski definition) is 2. The second-order valence-electron chi connectivity index (χ2n) is 6.02. The van der Waals surface area contributed by atoms with Gasteiger partial charge < -0.3 is 10.0 Å². The van der Waals surface area contributed by atoms with E-state index in [1.165, 1.54) is 0 Å². The third kappa shape index (κ3) is 2.71. The molecule has 3 rings (SSSR count). The summed E-state index contributed by atoms with van der Waals surface area (Å²) in [6.07, 6.45) is 3.77. The first-order valence-electron chi connectivity index (χ1n) is 7.67. The molecule has 0 radical (unpaired) electrons. The number of H-pyrrole nitrogens is 1. The quantitative estimate of drug-likeness (QED) is 0.910. The maximum atomic E-state index is 12.7. The Morgan fingerprint density at radius 1 is 1.36 bits per heavy atom. The van der Waals surface area contributed by atoms with Crippen molar-refractivity contribution in [2.45, 2.75) is 38.6 Å². The highest BCUT2D eigenvalue weighted by Gasteiger charge is 2.27. The highest BCUT2D eigenvalue weighted by molar-refractivity contribution is 5.94. The SMILES string of the molecule is CC(Cc1ccc(O)cc1)N(C)C(=O)c1n[nH]c2c1CCC2. The lowest BCUT2D eigenvalue weighted by Crippen LogP contribution is -2.37. The van der Waals surface area contributed by atoms with Crippen LogP contribution in [-0.2, 0) is 19.3 Å². The number of nitrogens with zero attached hydrogens (tertiary/aromatic N) is 2. The fourth-order valence-corrected chi connectivity index (χ4v) is 2.97. The third-order valence-electron chi connectivity index (χ3n) is 4.46. The van der Waals surface area contributed by atoms with E-state index in [1.54, 1.807) is 17.0 Å². The van der Waals surface area contributed by atoms with Crippen molar-refractivity contribution in [2.75, 3.05) is 7.05 Å². The van der Waals surface area contributed by atoms with E-state index in [0.717, 1.165) is 42.5 Å². The number of aromatic nitrogens is 2. The van der Waals surface area contributed by atoms with Crippen molar-refractivity contribution in [1.82, 2.24) is 15.1 Å². The summed E-state index contributed by atoms with van der Waals surface area (Å²) in [4.78, 5) is 14.4. The molecule has 1 heterocycles. The number of aryl methyl sites for hydroxylation is 1. The standard InChI is InChI=1S/C17H21N3O2/c1-11(10-12-6-8-13(21)9-7-12)20(2)17(22)16-14-4-3-5-15(14)18-19-16/h6-9,11,21H,3-5,10H2,1-2H3,(H,18,19). The summed E-state index contributed by atoms with van der Waals surface area (Å²) >= 11 is 0. The molecule has 1 atom stereocenters. The Hall–Kier alpha value is -2.30. The first-order chi connectivity index (χ1) is 10.6. The minimum absolute atomic E-state index is 0.0225. The molecule has 0 saturated heterocycles. The van der Waals surface area contributed by atoms with Crippen molar-refractivity contribution < 1.29 is 9.90 Å². The van der Waals surface area contributed by atoms with Crippen molar-refractivity contribution >= 4 is 5.91 Å². The molecule has 0 aliphatic heterocycles. The second-order valence-corrected chi connectivity index (χ2v) is 6.02. The second kappa shape index (κ2) is 5.83. The number of benzene rings is 1. The van der Waals surface area contributed by atoms with Gasteiger partial charge in [0.2, 0.25) is 0 Å². The number of rotatable bonds is 4. The number of likely N-dealkylation sites (N-methyl/N-ethyl adjacent to an activating group) is 1. The molecular formula is C17H21N3O2. The van der Waals surface area contributed by atoms with Crippen LogP contribution < -0.4 is 0 Å². The maximum absolute atomic E-state index is 12.7. The number of amides is 1. The molecule has 1 aliphatic rings. The van der Waals surface area contributed by atoms with Gasteiger partial charge in [-0.2, -0.15) is 5.10 Å². The molecular weight excluding hydrogens is 278 g/mol. The summed E-state index contributed by atoms with van der Waals surface area (Å²) in [6, 6.07) is 7.17. The van der Waals surface area contributed by atoms with Gasteiger partial charge in [0.1, 0.15) is 5.75 Å². The van der Waals surface area contributed by atoms with Gasteiger partial charge in [-0.15, -0.1) is 0 Å². The Morgan fingerprint density at radius 2 is 2.09 bits per heavy atom. The van der Waals surface area contributed by atoms with Crippen molar-refractivity contribution in [3.63, 3.8) is 0 Å². The van der Waals surface area contributed by atoms with E-state index in [-0.39, 0.29) is 17.7 Å². The molecule has 1 aliphatic carbocycles. The van der Waals surface area contributed by atoms with Gasteiger partial charge in [0.15, 0.2) is 5.69 Å². The summed E-state index contributed by atoms with van der Waals surface area (Å²) in [7, 11) is 1.82. The van der Waals surface area contributed by atoms with Crippen LogP contribution in [0.5, 0.6) is 5.75 Å². The first kappa shape index (κ1) is 14.6. The first-order valence-corrected chi connectivity index (χ1v) is 7.67. The number of aromatic hydroxyl groups is 1. The minimum Gasteiger partial charge on any atom is -0.508 e. The molecule has 5 heteroatoms. The Morgan fingerprint density at radius 3 is 2.82 bits per heavy atom. The molecule has 22 heavy (non-hydrogen) atoms. The highest BCUT2D eigenvalue weighted by Crippen LogP contribution is 2.24. The molecule has 116 valence electrons. The average Bonchev–Trinajstić information content (AvgIpc) is 3.11. The van der Waals surface area contributed by atoms with Gasteiger partial charge in [-0.05, 0) is 50.3 Å². The number of aromatic amines is 1. The number of carbonyl (C=O) groups excluding carboxylic acids is 1. The molecule has 0 fully saturated rings. The smallest absolute Gasteiger partial charge is 0.274 e. The molecule has 0 bridgehead atoms. The third-order valence-corrected chi connectivity index (χ3v) is 4.46. The molecule has 5 nitrogen and oxygen atoms in total. The summed E-state index contributed by atoms with van der Waals surface area (Å²) in [6.45, 7) is 2.03. The summed E-state index contributed by atoms with van der Waals surface area (Å²) in [5.74, 6) is 0.235. The molecule has 2 aromatic rings. The Bertz CT molecular complexity index is 676. The maximum Gasteiger partial charge on any atom is 0.274 e. The lowest BCUT2D eigenvalue weighted by Gasteiger charge is -2.24. The predicted octanol–water partition coefficient (Wildman–Crippen LogP) is 2.31. The lowest BCUT2D eigenvalue weighted by atomic mass is 10.1. The number of carbonyl (C=O) groups is 1. The molecule has 1 aromatic carbocycles. The number of fused-ring (bicyclic) bond motifs is 1. The van der Waals surface area contributed by atoms with E-state index >= 15 is 0 Å². The van der Waals surface area contributed by atoms with Crippen LogP contribution in [0, 0.1) is 0 Å². The van der Waals surface area contributed by atoms with Gasteiger partial charge in [-0.3, -0.25) is 9.89 Å². The number of hydrogen-bond acceptors (Lipinski definition) is 3. The number of nitrogens with one attached hydrogen (secondary N) is 1. The van der Waals surface area contributed by atoms with E-state index in [2.05, 4.69) is 10.2 Å². The van der Waals surface area contributed by atoms with Crippen molar-refractivity contribution in [3.05, 3.63) is 46.8 Å². The zero-order valence-corrected chi connectivity index (χ0v) is 13.0. The van der Waals surface area contributed by atoms with Crippen LogP contribution in [0.2, 0.25) is 0 Å². The number of phenols is 1. The van der Waals surface area contributed by atoms with Crippen LogP contribution in [0.3, 0.4) is 0 Å². The van der Waals surface area contributed by atoms with Gasteiger partial charge in [-0.25, -0.2) is 0 Å². The zero-order chi connectivity index (χ0) is 15.7. The van der Waals surface area contributed by atoms with E-state index in [0.29, 0.717) is 5.69 Å². The molecule has 2 N–H and O–H groups in total. The zero-order valence-electron chi connectivity index (χ0n) is 13.0. The summed E-state index contributed by atoms with van der Waals surface area (Å²) in [5, 5.41) is 16.5. The average molecular weight is 299 g/mol. The van der Waals surface area contributed by atoms with Crippen LogP contribution >= 0.6 is 0 Å². The normalized spacial score (nSPS) is 14.6. The fourth-order valence-electron chi connectivity index (χ4n) is 2.97. The molecule has 0 saturated carbocycles. The van der Waals surface area contributed by atoms with Gasteiger partial charge >= 0.3 is 0 Å². The van der Waals surface area contributed by atoms with E-state index < -0.39 is 0 Å². The van der Waals surface area contributed by atoms with Gasteiger partial charge in [0, 0.05) is 24.3 Å². The molecule has 1 amide bonds. The van der Waals surface area contributed by atoms with Crippen molar-refractivity contribution in [3.8, 4) is 5.75 Å². The monoisotopic (exact) mass is 299 g/mol. The fraction of sp³-hybridized carbons (Fsp3) is 0.412. The summed E-state index contributed by atoms with van der Waals surface area (Å²) in [5.41, 5.74) is 3.88. The molecule has 1 unspecified atom stereocenters. The summed E-state index contributed by atoms with van der Waals surface area (Å²) < 4.78 is 0. The molecule has 1 aromatic heterocycles. The topological polar surface area (TPSA) is 69.2 Å². The van der Waals surface area contributed by atoms with Crippen LogP contribution in [0.15, 0.2) is 24.3 Å². The Balaban J connectivity index is 1.70. The van der Waals surface area contributed by atoms with Crippen LogP contribution in [0.25, 0.3) is 0 Å². The Labute approximate surface area is 130 Å². The van der Waals surface area contributed by atoms with Crippen LogP contribution in [0.1, 0.15) is 40.7 Å². The number of phenolic OH excluding ortho intramolecular Hbond substituents is 1. The van der Waals surface area contributed by atoms with Crippen molar-refractivity contribution in [1.29, 1.82) is 0 Å². The van der Waals surface area contributed by atoms with E-state index in [1.807, 2.05) is 26.1 Å².